The number of piperidine rings is 1. The van der Waals surface area contributed by atoms with Gasteiger partial charge in [-0.2, -0.15) is 5.10 Å². The monoisotopic (exact) mass is 232 g/mol. The van der Waals surface area contributed by atoms with Crippen LogP contribution in [-0.4, -0.2) is 40.8 Å². The van der Waals surface area contributed by atoms with E-state index in [1.807, 2.05) is 6.92 Å². The number of nitrogens with one attached hydrogen (secondary N) is 2. The number of terminal acetylenes is 1. The highest BCUT2D eigenvalue weighted by atomic mass is 15.2. The van der Waals surface area contributed by atoms with Gasteiger partial charge in [-0.05, 0) is 26.7 Å². The van der Waals surface area contributed by atoms with E-state index < -0.39 is 0 Å². The Labute approximate surface area is 103 Å². The summed E-state index contributed by atoms with van der Waals surface area (Å²) in [5, 5.41) is 10.8. The highest BCUT2D eigenvalue weighted by molar-refractivity contribution is 5.52. The van der Waals surface area contributed by atoms with Gasteiger partial charge in [-0.1, -0.05) is 5.92 Å². The lowest BCUT2D eigenvalue weighted by molar-refractivity contribution is 0.243. The van der Waals surface area contributed by atoms with Crippen LogP contribution in [0.3, 0.4) is 0 Å². The molecule has 92 valence electrons. The average molecular weight is 232 g/mol. The SMILES string of the molecule is C#CCN1CCC(Nc2c(C)n[nH]c2C)CC1. The molecule has 1 aliphatic heterocycles. The Balaban J connectivity index is 1.88. The molecule has 2 N–H and O–H groups in total. The summed E-state index contributed by atoms with van der Waals surface area (Å²) in [5.41, 5.74) is 3.34. The minimum atomic E-state index is 0.541. The first-order valence-electron chi connectivity index (χ1n) is 6.14. The van der Waals surface area contributed by atoms with Crippen LogP contribution in [-0.2, 0) is 0 Å². The lowest BCUT2D eigenvalue weighted by Crippen LogP contribution is -2.39. The van der Waals surface area contributed by atoms with Gasteiger partial charge < -0.3 is 5.32 Å². The normalized spacial score (nSPS) is 17.9. The fourth-order valence-corrected chi connectivity index (χ4v) is 2.33. The van der Waals surface area contributed by atoms with Gasteiger partial charge in [0.15, 0.2) is 0 Å². The van der Waals surface area contributed by atoms with Crippen LogP contribution in [0.25, 0.3) is 0 Å². The van der Waals surface area contributed by atoms with Gasteiger partial charge in [-0.15, -0.1) is 6.42 Å². The summed E-state index contributed by atoms with van der Waals surface area (Å²) in [6.07, 6.45) is 7.61. The topological polar surface area (TPSA) is 44.0 Å². The summed E-state index contributed by atoms with van der Waals surface area (Å²) in [7, 11) is 0. The molecule has 0 unspecified atom stereocenters. The molecule has 0 saturated carbocycles. The molecule has 1 aromatic rings. The van der Waals surface area contributed by atoms with Gasteiger partial charge in [0.1, 0.15) is 0 Å². The molecule has 1 fully saturated rings. The molecular formula is C13H20N4. The van der Waals surface area contributed by atoms with Crippen LogP contribution in [0.1, 0.15) is 24.2 Å². The molecule has 1 aliphatic rings. The second-order valence-electron chi connectivity index (χ2n) is 4.71. The molecule has 0 amide bonds. The van der Waals surface area contributed by atoms with Crippen LogP contribution in [0.4, 0.5) is 5.69 Å². The first-order chi connectivity index (χ1) is 8.20. The van der Waals surface area contributed by atoms with Crippen molar-refractivity contribution in [2.24, 2.45) is 0 Å². The zero-order valence-corrected chi connectivity index (χ0v) is 10.6. The second kappa shape index (κ2) is 5.24. The molecule has 17 heavy (non-hydrogen) atoms. The fourth-order valence-electron chi connectivity index (χ4n) is 2.33. The van der Waals surface area contributed by atoms with E-state index in [2.05, 4.69) is 33.3 Å². The zero-order valence-electron chi connectivity index (χ0n) is 10.6. The quantitative estimate of drug-likeness (QED) is 0.777. The van der Waals surface area contributed by atoms with Crippen LogP contribution in [0.5, 0.6) is 0 Å². The number of aromatic amines is 1. The number of likely N-dealkylation sites (tertiary alicyclic amines) is 1. The predicted octanol–water partition coefficient (Wildman–Crippen LogP) is 1.54. The van der Waals surface area contributed by atoms with E-state index in [-0.39, 0.29) is 0 Å². The van der Waals surface area contributed by atoms with Crippen molar-refractivity contribution >= 4 is 5.69 Å². The van der Waals surface area contributed by atoms with Crippen molar-refractivity contribution in [3.63, 3.8) is 0 Å². The van der Waals surface area contributed by atoms with Crippen LogP contribution >= 0.6 is 0 Å². The number of aromatic nitrogens is 2. The first-order valence-corrected chi connectivity index (χ1v) is 6.14. The summed E-state index contributed by atoms with van der Waals surface area (Å²) in [6.45, 7) is 7.02. The van der Waals surface area contributed by atoms with Crippen LogP contribution in [0.15, 0.2) is 0 Å². The minimum Gasteiger partial charge on any atom is -0.379 e. The van der Waals surface area contributed by atoms with E-state index >= 15 is 0 Å². The van der Waals surface area contributed by atoms with Gasteiger partial charge in [0, 0.05) is 19.1 Å². The van der Waals surface area contributed by atoms with E-state index in [1.165, 1.54) is 5.69 Å². The Hall–Kier alpha value is -1.47. The van der Waals surface area contributed by atoms with Crippen molar-refractivity contribution in [2.45, 2.75) is 32.7 Å². The van der Waals surface area contributed by atoms with Gasteiger partial charge in [-0.3, -0.25) is 10.00 Å². The summed E-state index contributed by atoms with van der Waals surface area (Å²) >= 11 is 0. The highest BCUT2D eigenvalue weighted by Crippen LogP contribution is 2.21. The van der Waals surface area contributed by atoms with E-state index in [0.717, 1.165) is 43.9 Å². The summed E-state index contributed by atoms with van der Waals surface area (Å²) < 4.78 is 0. The summed E-state index contributed by atoms with van der Waals surface area (Å²) in [6, 6.07) is 0.541. The smallest absolute Gasteiger partial charge is 0.0825 e. The maximum Gasteiger partial charge on any atom is 0.0825 e. The number of aryl methyl sites for hydroxylation is 2. The van der Waals surface area contributed by atoms with Crippen molar-refractivity contribution in [1.29, 1.82) is 0 Å². The highest BCUT2D eigenvalue weighted by Gasteiger charge is 2.19. The van der Waals surface area contributed by atoms with Gasteiger partial charge >= 0.3 is 0 Å². The molecular weight excluding hydrogens is 212 g/mol. The summed E-state index contributed by atoms with van der Waals surface area (Å²) in [5.74, 6) is 2.71. The lowest BCUT2D eigenvalue weighted by atomic mass is 10.0. The molecule has 1 saturated heterocycles. The number of hydrogen-bond donors (Lipinski definition) is 2. The van der Waals surface area contributed by atoms with Crippen molar-refractivity contribution in [3.05, 3.63) is 11.4 Å². The van der Waals surface area contributed by atoms with Gasteiger partial charge in [0.2, 0.25) is 0 Å². The average Bonchev–Trinajstić information content (AvgIpc) is 2.64. The standard InChI is InChI=1S/C13H20N4/c1-4-7-17-8-5-12(6-9-17)14-13-10(2)15-16-11(13)3/h1,12,14H,5-9H2,2-3H3,(H,15,16). The maximum atomic E-state index is 5.32. The van der Waals surface area contributed by atoms with E-state index in [0.29, 0.717) is 6.04 Å². The number of rotatable bonds is 3. The van der Waals surface area contributed by atoms with Crippen molar-refractivity contribution in [2.75, 3.05) is 25.0 Å². The number of H-pyrrole nitrogens is 1. The second-order valence-corrected chi connectivity index (χ2v) is 4.71. The third-order valence-corrected chi connectivity index (χ3v) is 3.38. The molecule has 0 aliphatic carbocycles. The number of anilines is 1. The van der Waals surface area contributed by atoms with Gasteiger partial charge in [0.05, 0.1) is 23.6 Å². The number of hydrogen-bond acceptors (Lipinski definition) is 3. The predicted molar refractivity (Wildman–Crippen MR) is 70.0 cm³/mol. The summed E-state index contributed by atoms with van der Waals surface area (Å²) in [4.78, 5) is 2.33. The van der Waals surface area contributed by atoms with Gasteiger partial charge in [-0.25, -0.2) is 0 Å². The molecule has 1 aromatic heterocycles. The molecule has 2 heterocycles. The molecule has 0 atom stereocenters. The number of nitrogens with zero attached hydrogens (tertiary/aromatic N) is 2. The van der Waals surface area contributed by atoms with Crippen LogP contribution in [0.2, 0.25) is 0 Å². The Kier molecular flexibility index (Phi) is 3.70. The third-order valence-electron chi connectivity index (χ3n) is 3.38. The van der Waals surface area contributed by atoms with Crippen molar-refractivity contribution < 1.29 is 0 Å². The zero-order chi connectivity index (χ0) is 12.3. The fraction of sp³-hybridized carbons (Fsp3) is 0.615. The molecule has 0 aromatic carbocycles. The first kappa shape index (κ1) is 12.0. The molecule has 0 radical (unpaired) electrons. The Morgan fingerprint density at radius 1 is 1.47 bits per heavy atom. The molecule has 0 spiro atoms. The van der Waals surface area contributed by atoms with E-state index in [4.69, 9.17) is 6.42 Å². The maximum absolute atomic E-state index is 5.32. The molecule has 0 bridgehead atoms. The van der Waals surface area contributed by atoms with Crippen molar-refractivity contribution in [3.8, 4) is 12.3 Å². The molecule has 2 rings (SSSR count). The Morgan fingerprint density at radius 2 is 2.18 bits per heavy atom. The van der Waals surface area contributed by atoms with Crippen LogP contribution < -0.4 is 5.32 Å². The lowest BCUT2D eigenvalue weighted by Gasteiger charge is -2.31. The Morgan fingerprint density at radius 3 is 2.71 bits per heavy atom. The van der Waals surface area contributed by atoms with E-state index in [9.17, 15) is 0 Å². The van der Waals surface area contributed by atoms with Crippen molar-refractivity contribution in [1.82, 2.24) is 15.1 Å². The van der Waals surface area contributed by atoms with Gasteiger partial charge in [0.25, 0.3) is 0 Å². The molecule has 4 heteroatoms. The minimum absolute atomic E-state index is 0.541. The Bertz CT molecular complexity index is 388. The largest absolute Gasteiger partial charge is 0.379 e. The molecule has 4 nitrogen and oxygen atoms in total. The third kappa shape index (κ3) is 2.80. The van der Waals surface area contributed by atoms with E-state index in [1.54, 1.807) is 0 Å². The van der Waals surface area contributed by atoms with Crippen LogP contribution in [0, 0.1) is 26.2 Å².